The van der Waals surface area contributed by atoms with E-state index in [2.05, 4.69) is 48.3 Å². The van der Waals surface area contributed by atoms with Gasteiger partial charge in [0.05, 0.1) is 6.42 Å². The average Bonchev–Trinajstić information content (AvgIpc) is 1.78. The number of nitrogens with two attached hydrogens (primary N) is 1. The molecule has 33 heteroatoms. The van der Waals surface area contributed by atoms with Crippen LogP contribution < -0.4 is 54.0 Å². The Morgan fingerprint density at radius 2 is 0.828 bits per heavy atom. The van der Waals surface area contributed by atoms with Gasteiger partial charge in [-0.25, -0.2) is 4.79 Å². The molecule has 0 unspecified atom stereocenters. The first-order valence-corrected chi connectivity index (χ1v) is 33.2. The van der Waals surface area contributed by atoms with Crippen LogP contribution in [-0.2, 0) is 84.8 Å². The topological polar surface area (TPSA) is 534 Å². The standard InChI is InChI=1S/C66H96N12O21/c1-7-35(5)54(63(95)73-46(33-38-15-19-40(80)20-16-38)60(92)74-47(66(98)99)31-34(3)4)75-62(94)49-12-10-30-78(49)65(97)55(36(6)8-2)76-58(90)44(24-28-53(86)87)69-56(88)43(23-27-52(84)85)70-59(91)45(32-37-13-17-39(79)18-14-37)72-57(89)42(22-25-50(68)81)71-61(93)48-11-9-29-77(48)64(96)41(67)21-26-51(82)83/h13-20,34-36,41-49,54-55,79-80H,7-12,21-33,67H2,1-6H3,(H2,68,81)(H,69,88)(H,70,91)(H,71,93)(H,72,89)(H,73,95)(H,74,92)(H,75,94)(H,76,90)(H,82,83)(H,84,85)(H,86,87)(H,98,99)/p+1/t35-,36-,41-,42-,43-,44-,45-,46-,47-,48-,49-,54-,55-/m0/s1. The van der Waals surface area contributed by atoms with E-state index in [0.717, 1.165) is 0 Å². The number of nitrogens with zero attached hydrogens (tertiary/aromatic N) is 2. The number of likely N-dealkylation sites (tertiary alicyclic amines) is 2. The molecule has 0 aromatic heterocycles. The van der Waals surface area contributed by atoms with Crippen molar-refractivity contribution in [2.24, 2.45) is 23.5 Å². The summed E-state index contributed by atoms with van der Waals surface area (Å²) in [4.78, 5) is 205. The third-order valence-electron chi connectivity index (χ3n) is 17.5. The maximum absolute atomic E-state index is 14.9. The molecule has 0 bridgehead atoms. The van der Waals surface area contributed by atoms with Crippen LogP contribution in [0.1, 0.15) is 149 Å². The third kappa shape index (κ3) is 26.1. The Labute approximate surface area is 572 Å². The maximum Gasteiger partial charge on any atom is 0.326 e. The van der Waals surface area contributed by atoms with Gasteiger partial charge in [0.15, 0.2) is 6.04 Å². The van der Waals surface area contributed by atoms with Gasteiger partial charge in [0.2, 0.25) is 59.1 Å². The Hall–Kier alpha value is -9.95. The number of aliphatic carboxylic acids is 4. The Kier molecular flexibility index (Phi) is 32.5. The van der Waals surface area contributed by atoms with Gasteiger partial charge in [0.1, 0.15) is 71.9 Å². The molecule has 2 aromatic carbocycles. The molecule has 546 valence electrons. The van der Waals surface area contributed by atoms with Gasteiger partial charge in [0, 0.05) is 51.6 Å². The monoisotopic (exact) mass is 1390 g/mol. The highest BCUT2D eigenvalue weighted by Gasteiger charge is 2.44. The fraction of sp³-hybridized carbons (Fsp3) is 0.591. The van der Waals surface area contributed by atoms with Gasteiger partial charge in [-0.3, -0.25) is 67.1 Å². The third-order valence-corrected chi connectivity index (χ3v) is 17.5. The zero-order valence-electron chi connectivity index (χ0n) is 56.6. The number of rotatable bonds is 41. The van der Waals surface area contributed by atoms with E-state index in [4.69, 9.17) is 10.8 Å². The SMILES string of the molecule is CC[C@H](C)[C@H](NC(=O)[C@@H]1CCCN1C(=O)[C@@H](NC(=O)[C@H](CCC(=O)O)NC(=O)[C@H](CCC(=O)O)NC(=O)[C@H](Cc1ccc(O)cc1)NC(=O)[C@H](CCC(N)=O)NC(=O)[C@@H]1CCCN1C(=O)[C@@H]([NH3+])CCC(=O)O)[C@@H](C)CC)C(=O)N[C@@H](Cc1ccc(O)cc1)C(=O)N[C@@H](CC(C)C)C(=O)O. The number of hydrogen-bond donors (Lipinski definition) is 16. The highest BCUT2D eigenvalue weighted by atomic mass is 16.4. The zero-order valence-corrected chi connectivity index (χ0v) is 56.6. The maximum atomic E-state index is 14.9. The molecule has 13 atom stereocenters. The molecular weight excluding hydrogens is 1300 g/mol. The van der Waals surface area contributed by atoms with Crippen molar-refractivity contribution in [3.63, 3.8) is 0 Å². The van der Waals surface area contributed by atoms with Crippen LogP contribution in [0.3, 0.4) is 0 Å². The first-order valence-electron chi connectivity index (χ1n) is 33.2. The Balaban J connectivity index is 1.62. The number of carboxylic acids is 4. The number of aromatic hydroxyl groups is 2. The number of benzene rings is 2. The number of primary amides is 1. The number of amides is 11. The van der Waals surface area contributed by atoms with Gasteiger partial charge >= 0.3 is 23.9 Å². The van der Waals surface area contributed by atoms with Crippen molar-refractivity contribution in [2.75, 3.05) is 13.1 Å². The van der Waals surface area contributed by atoms with Crippen molar-refractivity contribution < 1.29 is 108 Å². The summed E-state index contributed by atoms with van der Waals surface area (Å²) in [6, 6.07) is -4.90. The Morgan fingerprint density at radius 1 is 0.465 bits per heavy atom. The van der Waals surface area contributed by atoms with E-state index < -0.39 is 212 Å². The van der Waals surface area contributed by atoms with Crippen molar-refractivity contribution in [3.05, 3.63) is 59.7 Å². The molecule has 0 spiro atoms. The minimum Gasteiger partial charge on any atom is -0.508 e. The highest BCUT2D eigenvalue weighted by Crippen LogP contribution is 2.25. The zero-order chi connectivity index (χ0) is 74.0. The van der Waals surface area contributed by atoms with Crippen LogP contribution in [0.15, 0.2) is 48.5 Å². The Bertz CT molecular complexity index is 3210. The van der Waals surface area contributed by atoms with Crippen molar-refractivity contribution in [2.45, 2.75) is 217 Å². The molecule has 11 amide bonds. The molecule has 19 N–H and O–H groups in total. The molecular formula is C66H97N12O21+. The van der Waals surface area contributed by atoms with Crippen LogP contribution in [-0.4, -0.2) is 209 Å². The molecule has 2 aliphatic heterocycles. The molecule has 0 aliphatic carbocycles. The summed E-state index contributed by atoms with van der Waals surface area (Å²) in [5.41, 5.74) is 9.97. The second-order valence-electron chi connectivity index (χ2n) is 25.7. The molecule has 2 aromatic rings. The van der Waals surface area contributed by atoms with Gasteiger partial charge in [-0.15, -0.1) is 0 Å². The van der Waals surface area contributed by atoms with E-state index in [-0.39, 0.29) is 81.9 Å². The summed E-state index contributed by atoms with van der Waals surface area (Å²) < 4.78 is 0. The van der Waals surface area contributed by atoms with E-state index in [1.54, 1.807) is 41.5 Å². The fourth-order valence-electron chi connectivity index (χ4n) is 11.4. The van der Waals surface area contributed by atoms with E-state index >= 15 is 0 Å². The highest BCUT2D eigenvalue weighted by molar-refractivity contribution is 6.00. The van der Waals surface area contributed by atoms with E-state index in [0.29, 0.717) is 24.0 Å². The van der Waals surface area contributed by atoms with Gasteiger partial charge in [-0.05, 0) is 105 Å². The second-order valence-corrected chi connectivity index (χ2v) is 25.7. The first kappa shape index (κ1) is 81.5. The summed E-state index contributed by atoms with van der Waals surface area (Å²) in [5, 5.41) is 79.1. The first-order chi connectivity index (χ1) is 46.6. The van der Waals surface area contributed by atoms with Crippen LogP contribution in [0.5, 0.6) is 11.5 Å². The van der Waals surface area contributed by atoms with E-state index in [9.17, 15) is 97.5 Å². The van der Waals surface area contributed by atoms with Crippen LogP contribution in [0, 0.1) is 17.8 Å². The van der Waals surface area contributed by atoms with Crippen molar-refractivity contribution >= 4 is 88.9 Å². The van der Waals surface area contributed by atoms with E-state index in [1.165, 1.54) is 58.3 Å². The molecule has 2 heterocycles. The number of phenols is 2. The number of carbonyl (C=O) groups is 15. The lowest BCUT2D eigenvalue weighted by Crippen LogP contribution is -2.69. The van der Waals surface area contributed by atoms with Crippen LogP contribution in [0.25, 0.3) is 0 Å². The smallest absolute Gasteiger partial charge is 0.326 e. The van der Waals surface area contributed by atoms with Crippen LogP contribution in [0.2, 0.25) is 0 Å². The number of carbonyl (C=O) groups excluding carboxylic acids is 11. The number of carboxylic acid groups (broad SMARTS) is 4. The van der Waals surface area contributed by atoms with Gasteiger partial charge in [0.25, 0.3) is 5.91 Å². The van der Waals surface area contributed by atoms with Crippen molar-refractivity contribution in [1.82, 2.24) is 52.3 Å². The van der Waals surface area contributed by atoms with Crippen LogP contribution in [0.4, 0.5) is 0 Å². The predicted molar refractivity (Wildman–Crippen MR) is 350 cm³/mol. The normalized spacial score (nSPS) is 17.6. The van der Waals surface area contributed by atoms with Gasteiger partial charge in [-0.1, -0.05) is 78.6 Å². The number of quaternary nitrogens is 1. The van der Waals surface area contributed by atoms with Crippen molar-refractivity contribution in [1.29, 1.82) is 0 Å². The quantitative estimate of drug-likeness (QED) is 0.0358. The molecule has 99 heavy (non-hydrogen) atoms. The lowest BCUT2D eigenvalue weighted by molar-refractivity contribution is -0.407. The summed E-state index contributed by atoms with van der Waals surface area (Å²) in [7, 11) is 0. The molecule has 0 saturated carbocycles. The number of hydrogen-bond acceptors (Lipinski definition) is 17. The molecule has 2 saturated heterocycles. The molecule has 4 rings (SSSR count). The fourth-order valence-corrected chi connectivity index (χ4v) is 11.4. The molecule has 0 radical (unpaired) electrons. The predicted octanol–water partition coefficient (Wildman–Crippen LogP) is -1.56. The molecule has 33 nitrogen and oxygen atoms in total. The molecule has 2 fully saturated rings. The summed E-state index contributed by atoms with van der Waals surface area (Å²) in [6.07, 6.45) is -3.43. The number of nitrogens with one attached hydrogen (secondary N) is 8. The van der Waals surface area contributed by atoms with Gasteiger partial charge < -0.3 is 94.4 Å². The largest absolute Gasteiger partial charge is 0.508 e. The van der Waals surface area contributed by atoms with E-state index in [1.807, 2.05) is 0 Å². The summed E-state index contributed by atoms with van der Waals surface area (Å²) >= 11 is 0. The summed E-state index contributed by atoms with van der Waals surface area (Å²) in [5.74, 6) is -17.2. The molecule has 2 aliphatic rings. The Morgan fingerprint density at radius 3 is 1.25 bits per heavy atom. The average molecular weight is 1390 g/mol. The van der Waals surface area contributed by atoms with Crippen LogP contribution >= 0.6 is 0 Å². The van der Waals surface area contributed by atoms with Gasteiger partial charge in [-0.2, -0.15) is 0 Å². The minimum atomic E-state index is -1.87. The van der Waals surface area contributed by atoms with Crippen molar-refractivity contribution in [3.8, 4) is 11.5 Å². The minimum absolute atomic E-state index is 0.0193. The second kappa shape index (κ2) is 39.4. The lowest BCUT2D eigenvalue weighted by Gasteiger charge is -2.33. The lowest BCUT2D eigenvalue weighted by atomic mass is 9.95. The summed E-state index contributed by atoms with van der Waals surface area (Å²) in [6.45, 7) is 10.3. The number of phenolic OH excluding ortho intramolecular Hbond substituents is 2.